The molecule has 16 heavy (non-hydrogen) atoms. The predicted molar refractivity (Wildman–Crippen MR) is 65.1 cm³/mol. The Bertz CT molecular complexity index is 332. The summed E-state index contributed by atoms with van der Waals surface area (Å²) < 4.78 is 5.34. The van der Waals surface area contributed by atoms with Gasteiger partial charge in [-0.05, 0) is 18.1 Å². The number of hydrogen-bond acceptors (Lipinski definition) is 3. The molecule has 1 aromatic rings. The van der Waals surface area contributed by atoms with Gasteiger partial charge in [-0.15, -0.1) is 0 Å². The minimum absolute atomic E-state index is 0.115. The summed E-state index contributed by atoms with van der Waals surface area (Å²) in [5.41, 5.74) is 8.44. The van der Waals surface area contributed by atoms with Gasteiger partial charge in [0.05, 0.1) is 13.2 Å². The zero-order valence-corrected chi connectivity index (χ0v) is 9.86. The van der Waals surface area contributed by atoms with Gasteiger partial charge in [0.1, 0.15) is 0 Å². The first-order chi connectivity index (χ1) is 7.75. The number of morpholine rings is 1. The maximum Gasteiger partial charge on any atom is 0.0594 e. The lowest BCUT2D eigenvalue weighted by molar-refractivity contribution is 0.0342. The maximum atomic E-state index is 5.88. The number of benzene rings is 1. The second-order valence-corrected chi connectivity index (χ2v) is 4.42. The van der Waals surface area contributed by atoms with E-state index in [0.29, 0.717) is 0 Å². The molecular weight excluding hydrogens is 200 g/mol. The van der Waals surface area contributed by atoms with Crippen LogP contribution in [0.4, 0.5) is 0 Å². The fourth-order valence-corrected chi connectivity index (χ4v) is 1.99. The fraction of sp³-hybridized carbons (Fsp3) is 0.538. The standard InChI is InChI=1S/C13H20N2O/c1-11(14)13-4-2-3-12(9-13)10-15-5-7-16-8-6-15/h2-4,9,11H,5-8,10,14H2,1H3. The summed E-state index contributed by atoms with van der Waals surface area (Å²) in [4.78, 5) is 2.42. The van der Waals surface area contributed by atoms with Crippen molar-refractivity contribution < 1.29 is 4.74 Å². The Morgan fingerprint density at radius 1 is 1.38 bits per heavy atom. The number of nitrogens with two attached hydrogens (primary N) is 1. The summed E-state index contributed by atoms with van der Waals surface area (Å²) in [6, 6.07) is 8.67. The van der Waals surface area contributed by atoms with Crippen molar-refractivity contribution in [3.8, 4) is 0 Å². The van der Waals surface area contributed by atoms with Crippen LogP contribution in [-0.2, 0) is 11.3 Å². The van der Waals surface area contributed by atoms with E-state index in [1.807, 2.05) is 6.92 Å². The second kappa shape index (κ2) is 5.43. The first-order valence-electron chi connectivity index (χ1n) is 5.90. The molecule has 1 aliphatic rings. The molecule has 0 aliphatic carbocycles. The van der Waals surface area contributed by atoms with E-state index in [0.717, 1.165) is 32.8 Å². The average molecular weight is 220 g/mol. The van der Waals surface area contributed by atoms with Crippen LogP contribution in [0.15, 0.2) is 24.3 Å². The van der Waals surface area contributed by atoms with Gasteiger partial charge in [0, 0.05) is 25.7 Å². The van der Waals surface area contributed by atoms with Crippen molar-refractivity contribution >= 4 is 0 Å². The molecule has 88 valence electrons. The Labute approximate surface area is 97.2 Å². The third kappa shape index (κ3) is 3.04. The van der Waals surface area contributed by atoms with E-state index in [2.05, 4.69) is 29.2 Å². The minimum Gasteiger partial charge on any atom is -0.379 e. The van der Waals surface area contributed by atoms with E-state index in [9.17, 15) is 0 Å². The van der Waals surface area contributed by atoms with E-state index in [-0.39, 0.29) is 6.04 Å². The molecule has 1 aliphatic heterocycles. The van der Waals surface area contributed by atoms with Crippen LogP contribution in [0, 0.1) is 0 Å². The van der Waals surface area contributed by atoms with Crippen LogP contribution in [0.25, 0.3) is 0 Å². The molecule has 3 nitrogen and oxygen atoms in total. The third-order valence-corrected chi connectivity index (χ3v) is 2.99. The first-order valence-corrected chi connectivity index (χ1v) is 5.90. The molecule has 0 aromatic heterocycles. The third-order valence-electron chi connectivity index (χ3n) is 2.99. The SMILES string of the molecule is CC(N)c1cccc(CN2CCOCC2)c1. The molecule has 1 heterocycles. The van der Waals surface area contributed by atoms with Crippen molar-refractivity contribution in [2.75, 3.05) is 26.3 Å². The highest BCUT2D eigenvalue weighted by Gasteiger charge is 2.10. The summed E-state index contributed by atoms with van der Waals surface area (Å²) in [5, 5.41) is 0. The molecule has 1 unspecified atom stereocenters. The minimum atomic E-state index is 0.115. The van der Waals surface area contributed by atoms with Gasteiger partial charge in [-0.3, -0.25) is 4.90 Å². The van der Waals surface area contributed by atoms with Crippen LogP contribution in [0.3, 0.4) is 0 Å². The molecule has 0 radical (unpaired) electrons. The normalized spacial score (nSPS) is 19.6. The molecule has 1 atom stereocenters. The second-order valence-electron chi connectivity index (χ2n) is 4.42. The number of hydrogen-bond donors (Lipinski definition) is 1. The largest absolute Gasteiger partial charge is 0.379 e. The smallest absolute Gasteiger partial charge is 0.0594 e. The molecule has 1 aromatic carbocycles. The lowest BCUT2D eigenvalue weighted by Crippen LogP contribution is -2.35. The first kappa shape index (κ1) is 11.6. The van der Waals surface area contributed by atoms with Gasteiger partial charge in [0.2, 0.25) is 0 Å². The zero-order chi connectivity index (χ0) is 11.4. The van der Waals surface area contributed by atoms with Crippen LogP contribution < -0.4 is 5.73 Å². The highest BCUT2D eigenvalue weighted by atomic mass is 16.5. The number of nitrogens with zero attached hydrogens (tertiary/aromatic N) is 1. The molecule has 0 saturated carbocycles. The number of ether oxygens (including phenoxy) is 1. The van der Waals surface area contributed by atoms with Crippen molar-refractivity contribution in [2.45, 2.75) is 19.5 Å². The summed E-state index contributed by atoms with van der Waals surface area (Å²) in [6.45, 7) is 6.79. The van der Waals surface area contributed by atoms with Crippen LogP contribution >= 0.6 is 0 Å². The molecule has 0 bridgehead atoms. The van der Waals surface area contributed by atoms with Crippen LogP contribution in [0.5, 0.6) is 0 Å². The topological polar surface area (TPSA) is 38.5 Å². The van der Waals surface area contributed by atoms with Crippen LogP contribution in [0.1, 0.15) is 24.1 Å². The molecule has 1 saturated heterocycles. The quantitative estimate of drug-likeness (QED) is 0.839. The maximum absolute atomic E-state index is 5.88. The van der Waals surface area contributed by atoms with Crippen molar-refractivity contribution in [3.63, 3.8) is 0 Å². The van der Waals surface area contributed by atoms with E-state index in [1.165, 1.54) is 11.1 Å². The Morgan fingerprint density at radius 3 is 2.81 bits per heavy atom. The molecule has 2 N–H and O–H groups in total. The predicted octanol–water partition coefficient (Wildman–Crippen LogP) is 1.54. The van der Waals surface area contributed by atoms with Crippen molar-refractivity contribution in [3.05, 3.63) is 35.4 Å². The Kier molecular flexibility index (Phi) is 3.93. The summed E-state index contributed by atoms with van der Waals surface area (Å²) in [6.07, 6.45) is 0. The van der Waals surface area contributed by atoms with Gasteiger partial charge >= 0.3 is 0 Å². The lowest BCUT2D eigenvalue weighted by atomic mass is 10.1. The monoisotopic (exact) mass is 220 g/mol. The number of rotatable bonds is 3. The molecule has 0 spiro atoms. The van der Waals surface area contributed by atoms with Gasteiger partial charge < -0.3 is 10.5 Å². The van der Waals surface area contributed by atoms with Gasteiger partial charge in [-0.25, -0.2) is 0 Å². The van der Waals surface area contributed by atoms with Crippen LogP contribution in [-0.4, -0.2) is 31.2 Å². The Balaban J connectivity index is 2.00. The van der Waals surface area contributed by atoms with Gasteiger partial charge in [-0.2, -0.15) is 0 Å². The van der Waals surface area contributed by atoms with Crippen molar-refractivity contribution in [1.29, 1.82) is 0 Å². The summed E-state index contributed by atoms with van der Waals surface area (Å²) in [5.74, 6) is 0. The van der Waals surface area contributed by atoms with Crippen molar-refractivity contribution in [1.82, 2.24) is 4.90 Å². The molecule has 0 amide bonds. The molecular formula is C13H20N2O. The highest BCUT2D eigenvalue weighted by Crippen LogP contribution is 2.14. The van der Waals surface area contributed by atoms with E-state index in [4.69, 9.17) is 10.5 Å². The Hall–Kier alpha value is -0.900. The average Bonchev–Trinajstić information content (AvgIpc) is 2.30. The van der Waals surface area contributed by atoms with E-state index in [1.54, 1.807) is 0 Å². The lowest BCUT2D eigenvalue weighted by Gasteiger charge is -2.26. The Morgan fingerprint density at radius 2 is 2.12 bits per heavy atom. The molecule has 2 rings (SSSR count). The van der Waals surface area contributed by atoms with Gasteiger partial charge in [0.15, 0.2) is 0 Å². The zero-order valence-electron chi connectivity index (χ0n) is 9.86. The molecule has 3 heteroatoms. The summed E-state index contributed by atoms with van der Waals surface area (Å²) >= 11 is 0. The van der Waals surface area contributed by atoms with Crippen molar-refractivity contribution in [2.24, 2.45) is 5.73 Å². The van der Waals surface area contributed by atoms with E-state index >= 15 is 0 Å². The highest BCUT2D eigenvalue weighted by molar-refractivity contribution is 5.25. The summed E-state index contributed by atoms with van der Waals surface area (Å²) in [7, 11) is 0. The van der Waals surface area contributed by atoms with Gasteiger partial charge in [-0.1, -0.05) is 24.3 Å². The fourth-order valence-electron chi connectivity index (χ4n) is 1.99. The molecule has 1 fully saturated rings. The van der Waals surface area contributed by atoms with Gasteiger partial charge in [0.25, 0.3) is 0 Å². The van der Waals surface area contributed by atoms with E-state index < -0.39 is 0 Å². The van der Waals surface area contributed by atoms with Crippen LogP contribution in [0.2, 0.25) is 0 Å².